The van der Waals surface area contributed by atoms with Crippen molar-refractivity contribution >= 4 is 0 Å². The molecule has 1 aromatic carbocycles. The van der Waals surface area contributed by atoms with Crippen molar-refractivity contribution in [2.75, 3.05) is 13.7 Å². The second-order valence-electron chi connectivity index (χ2n) is 2.66. The summed E-state index contributed by atoms with van der Waals surface area (Å²) >= 11 is 0. The van der Waals surface area contributed by atoms with Crippen LogP contribution in [-0.2, 0) is 0 Å². The molecule has 0 aliphatic carbocycles. The number of hydrogen-bond donors (Lipinski definition) is 2. The molecule has 0 radical (unpaired) electrons. The Hall–Kier alpha value is -1.66. The molecule has 74 valence electrons. The van der Waals surface area contributed by atoms with Crippen LogP contribution in [0, 0.1) is 11.8 Å². The van der Waals surface area contributed by atoms with Gasteiger partial charge in [-0.2, -0.15) is 0 Å². The van der Waals surface area contributed by atoms with Crippen molar-refractivity contribution in [3.8, 4) is 23.3 Å². The van der Waals surface area contributed by atoms with E-state index in [1.807, 2.05) is 0 Å². The molecule has 0 unspecified atom stereocenters. The van der Waals surface area contributed by atoms with Crippen molar-refractivity contribution in [3.05, 3.63) is 23.8 Å². The van der Waals surface area contributed by atoms with E-state index in [1.165, 1.54) is 6.07 Å². The molecule has 0 saturated carbocycles. The van der Waals surface area contributed by atoms with Gasteiger partial charge >= 0.3 is 0 Å². The van der Waals surface area contributed by atoms with Crippen molar-refractivity contribution in [1.29, 1.82) is 0 Å². The van der Waals surface area contributed by atoms with Crippen molar-refractivity contribution < 1.29 is 14.9 Å². The standard InChI is InChI=1S/C11H12O3/c1-14-10-5-6-11(13)9(8-10)4-2-3-7-12/h5-6,8,12-13H,3,7H2,1H3. The van der Waals surface area contributed by atoms with Gasteiger partial charge in [0.25, 0.3) is 0 Å². The normalized spacial score (nSPS) is 9.00. The van der Waals surface area contributed by atoms with Gasteiger partial charge in [-0.25, -0.2) is 0 Å². The lowest BCUT2D eigenvalue weighted by molar-refractivity contribution is 0.305. The van der Waals surface area contributed by atoms with Gasteiger partial charge in [-0.15, -0.1) is 0 Å². The molecule has 1 aromatic rings. The van der Waals surface area contributed by atoms with Crippen LogP contribution in [0.25, 0.3) is 0 Å². The monoisotopic (exact) mass is 192 g/mol. The summed E-state index contributed by atoms with van der Waals surface area (Å²) in [5, 5.41) is 17.9. The number of aromatic hydroxyl groups is 1. The van der Waals surface area contributed by atoms with E-state index in [4.69, 9.17) is 9.84 Å². The lowest BCUT2D eigenvalue weighted by Gasteiger charge is -2.01. The summed E-state index contributed by atoms with van der Waals surface area (Å²) in [6, 6.07) is 4.84. The first-order chi connectivity index (χ1) is 6.77. The molecule has 0 aliphatic rings. The summed E-state index contributed by atoms with van der Waals surface area (Å²) < 4.78 is 4.99. The maximum Gasteiger partial charge on any atom is 0.131 e. The van der Waals surface area contributed by atoms with E-state index >= 15 is 0 Å². The van der Waals surface area contributed by atoms with Crippen LogP contribution in [0.1, 0.15) is 12.0 Å². The Balaban J connectivity index is 2.91. The number of methoxy groups -OCH3 is 1. The SMILES string of the molecule is COc1ccc(O)c(C#CCCO)c1. The minimum atomic E-state index is 0.0255. The number of phenols is 1. The molecule has 3 nitrogen and oxygen atoms in total. The third kappa shape index (κ3) is 2.68. The van der Waals surface area contributed by atoms with Crippen molar-refractivity contribution in [3.63, 3.8) is 0 Å². The Morgan fingerprint density at radius 1 is 1.43 bits per heavy atom. The molecule has 0 bridgehead atoms. The van der Waals surface area contributed by atoms with Gasteiger partial charge in [0.15, 0.2) is 0 Å². The van der Waals surface area contributed by atoms with Crippen LogP contribution in [0.3, 0.4) is 0 Å². The lowest BCUT2D eigenvalue weighted by atomic mass is 10.2. The second-order valence-corrected chi connectivity index (χ2v) is 2.66. The van der Waals surface area contributed by atoms with Crippen molar-refractivity contribution in [1.82, 2.24) is 0 Å². The molecule has 1 rings (SSSR count). The zero-order chi connectivity index (χ0) is 10.4. The smallest absolute Gasteiger partial charge is 0.131 e. The van der Waals surface area contributed by atoms with Gasteiger partial charge < -0.3 is 14.9 Å². The van der Waals surface area contributed by atoms with Crippen molar-refractivity contribution in [2.24, 2.45) is 0 Å². The van der Waals surface area contributed by atoms with E-state index < -0.39 is 0 Å². The Morgan fingerprint density at radius 2 is 2.21 bits per heavy atom. The third-order valence-corrected chi connectivity index (χ3v) is 1.66. The topological polar surface area (TPSA) is 49.7 Å². The Morgan fingerprint density at radius 3 is 2.86 bits per heavy atom. The van der Waals surface area contributed by atoms with Gasteiger partial charge in [-0.1, -0.05) is 11.8 Å². The molecule has 0 atom stereocenters. The number of aliphatic hydroxyl groups excluding tert-OH is 1. The highest BCUT2D eigenvalue weighted by Gasteiger charge is 1.99. The molecule has 0 spiro atoms. The molecule has 14 heavy (non-hydrogen) atoms. The fourth-order valence-electron chi connectivity index (χ4n) is 0.956. The number of phenolic OH excluding ortho intramolecular Hbond substituents is 1. The van der Waals surface area contributed by atoms with E-state index in [2.05, 4.69) is 11.8 Å². The van der Waals surface area contributed by atoms with Gasteiger partial charge in [-0.3, -0.25) is 0 Å². The zero-order valence-corrected chi connectivity index (χ0v) is 7.95. The number of rotatable bonds is 2. The van der Waals surface area contributed by atoms with E-state index in [-0.39, 0.29) is 12.4 Å². The summed E-state index contributed by atoms with van der Waals surface area (Å²) in [7, 11) is 1.55. The molecule has 0 aromatic heterocycles. The molecular weight excluding hydrogens is 180 g/mol. The Kier molecular flexibility index (Phi) is 3.84. The number of benzene rings is 1. The molecule has 3 heteroatoms. The van der Waals surface area contributed by atoms with Gasteiger partial charge in [-0.05, 0) is 18.2 Å². The largest absolute Gasteiger partial charge is 0.507 e. The molecule has 0 aliphatic heterocycles. The van der Waals surface area contributed by atoms with Crippen LogP contribution in [0.5, 0.6) is 11.5 Å². The van der Waals surface area contributed by atoms with E-state index in [0.717, 1.165) is 0 Å². The summed E-state index contributed by atoms with van der Waals surface area (Å²) in [4.78, 5) is 0. The number of ether oxygens (including phenoxy) is 1. The minimum Gasteiger partial charge on any atom is -0.507 e. The minimum absolute atomic E-state index is 0.0255. The maximum atomic E-state index is 9.41. The van der Waals surface area contributed by atoms with Gasteiger partial charge in [0, 0.05) is 6.42 Å². The fraction of sp³-hybridized carbons (Fsp3) is 0.273. The molecule has 0 amide bonds. The summed E-state index contributed by atoms with van der Waals surface area (Å²) in [5.41, 5.74) is 0.512. The summed E-state index contributed by atoms with van der Waals surface area (Å²) in [6.45, 7) is 0.0255. The Labute approximate surface area is 83.0 Å². The van der Waals surface area contributed by atoms with Crippen molar-refractivity contribution in [2.45, 2.75) is 6.42 Å². The van der Waals surface area contributed by atoms with Crippen LogP contribution in [0.2, 0.25) is 0 Å². The fourth-order valence-corrected chi connectivity index (χ4v) is 0.956. The third-order valence-electron chi connectivity index (χ3n) is 1.66. The summed E-state index contributed by atoms with van der Waals surface area (Å²) in [5.74, 6) is 6.25. The summed E-state index contributed by atoms with van der Waals surface area (Å²) in [6.07, 6.45) is 0.399. The zero-order valence-electron chi connectivity index (χ0n) is 7.95. The highest BCUT2D eigenvalue weighted by Crippen LogP contribution is 2.21. The molecule has 0 fully saturated rings. The predicted octanol–water partition coefficient (Wildman–Crippen LogP) is 1.13. The average Bonchev–Trinajstić information content (AvgIpc) is 2.21. The number of aliphatic hydroxyl groups is 1. The predicted molar refractivity (Wildman–Crippen MR) is 53.2 cm³/mol. The molecular formula is C11H12O3. The van der Waals surface area contributed by atoms with Crippen LogP contribution in [0.4, 0.5) is 0 Å². The highest BCUT2D eigenvalue weighted by molar-refractivity contribution is 5.49. The average molecular weight is 192 g/mol. The molecule has 0 heterocycles. The maximum absolute atomic E-state index is 9.41. The quantitative estimate of drug-likeness (QED) is 0.691. The van der Waals surface area contributed by atoms with Gasteiger partial charge in [0.2, 0.25) is 0 Å². The lowest BCUT2D eigenvalue weighted by Crippen LogP contribution is -1.84. The van der Waals surface area contributed by atoms with E-state index in [1.54, 1.807) is 19.2 Å². The first kappa shape index (κ1) is 10.4. The van der Waals surface area contributed by atoms with E-state index in [9.17, 15) is 5.11 Å². The van der Waals surface area contributed by atoms with Gasteiger partial charge in [0.1, 0.15) is 11.5 Å². The van der Waals surface area contributed by atoms with Gasteiger partial charge in [0.05, 0.1) is 19.3 Å². The first-order valence-corrected chi connectivity index (χ1v) is 4.24. The highest BCUT2D eigenvalue weighted by atomic mass is 16.5. The van der Waals surface area contributed by atoms with Crippen LogP contribution in [-0.4, -0.2) is 23.9 Å². The van der Waals surface area contributed by atoms with Crippen LogP contribution in [0.15, 0.2) is 18.2 Å². The second kappa shape index (κ2) is 5.15. The van der Waals surface area contributed by atoms with E-state index in [0.29, 0.717) is 17.7 Å². The van der Waals surface area contributed by atoms with Crippen LogP contribution >= 0.6 is 0 Å². The first-order valence-electron chi connectivity index (χ1n) is 4.24. The Bertz CT molecular complexity index is 361. The molecule has 2 N–H and O–H groups in total. The molecule has 0 saturated heterocycles. The number of hydrogen-bond acceptors (Lipinski definition) is 3. The van der Waals surface area contributed by atoms with Crippen LogP contribution < -0.4 is 4.74 Å².